The maximum Gasteiger partial charge on any atom is 0.297 e. The monoisotopic (exact) mass is 356 g/mol. The molecule has 3 rings (SSSR count). The molecule has 0 heterocycles. The van der Waals surface area contributed by atoms with Crippen molar-refractivity contribution in [3.8, 4) is 5.75 Å². The van der Waals surface area contributed by atoms with Crippen LogP contribution in [-0.4, -0.2) is 21.1 Å². The SMILES string of the molecule is CC(CCOc1ccc2ccccc2c1)OS(=O)(=O)c1ccccc1. The third kappa shape index (κ3) is 4.59. The summed E-state index contributed by atoms with van der Waals surface area (Å²) in [5.74, 6) is 0.761. The van der Waals surface area contributed by atoms with E-state index in [-0.39, 0.29) is 4.90 Å². The fourth-order valence-corrected chi connectivity index (χ4v) is 3.64. The molecule has 3 aromatic carbocycles. The summed E-state index contributed by atoms with van der Waals surface area (Å²) in [7, 11) is -3.74. The van der Waals surface area contributed by atoms with Gasteiger partial charge in [0.25, 0.3) is 10.1 Å². The number of ether oxygens (including phenoxy) is 1. The predicted octanol–water partition coefficient (Wildman–Crippen LogP) is 4.40. The van der Waals surface area contributed by atoms with Gasteiger partial charge >= 0.3 is 0 Å². The minimum atomic E-state index is -3.74. The Bertz CT molecular complexity index is 936. The van der Waals surface area contributed by atoms with Crippen molar-refractivity contribution < 1.29 is 17.3 Å². The molecule has 25 heavy (non-hydrogen) atoms. The van der Waals surface area contributed by atoms with Gasteiger partial charge in [0.15, 0.2) is 0 Å². The van der Waals surface area contributed by atoms with Crippen molar-refractivity contribution in [1.82, 2.24) is 0 Å². The van der Waals surface area contributed by atoms with Crippen molar-refractivity contribution in [1.29, 1.82) is 0 Å². The van der Waals surface area contributed by atoms with Gasteiger partial charge in [-0.3, -0.25) is 4.18 Å². The maximum absolute atomic E-state index is 12.2. The molecule has 0 radical (unpaired) electrons. The summed E-state index contributed by atoms with van der Waals surface area (Å²) in [6.07, 6.45) is 0.00414. The number of fused-ring (bicyclic) bond motifs is 1. The third-order valence-corrected chi connectivity index (χ3v) is 5.27. The summed E-state index contributed by atoms with van der Waals surface area (Å²) >= 11 is 0. The first-order valence-electron chi connectivity index (χ1n) is 8.14. The van der Waals surface area contributed by atoms with Gasteiger partial charge in [0.05, 0.1) is 17.6 Å². The summed E-state index contributed by atoms with van der Waals surface area (Å²) in [6.45, 7) is 2.11. The predicted molar refractivity (Wildman–Crippen MR) is 98.2 cm³/mol. The molecule has 0 aliphatic rings. The molecule has 5 heteroatoms. The Morgan fingerprint density at radius 1 is 0.880 bits per heavy atom. The lowest BCUT2D eigenvalue weighted by Gasteiger charge is -2.14. The first-order valence-corrected chi connectivity index (χ1v) is 9.55. The van der Waals surface area contributed by atoms with Crippen LogP contribution in [-0.2, 0) is 14.3 Å². The quantitative estimate of drug-likeness (QED) is 0.589. The van der Waals surface area contributed by atoms with Crippen LogP contribution in [0.2, 0.25) is 0 Å². The van der Waals surface area contributed by atoms with Crippen LogP contribution in [0.3, 0.4) is 0 Å². The number of benzene rings is 3. The first kappa shape index (κ1) is 17.5. The largest absolute Gasteiger partial charge is 0.493 e. The first-order chi connectivity index (χ1) is 12.0. The molecule has 0 N–H and O–H groups in total. The van der Waals surface area contributed by atoms with E-state index < -0.39 is 16.2 Å². The Morgan fingerprint density at radius 2 is 1.56 bits per heavy atom. The Morgan fingerprint density at radius 3 is 2.32 bits per heavy atom. The van der Waals surface area contributed by atoms with Gasteiger partial charge in [-0.2, -0.15) is 8.42 Å². The molecule has 0 fully saturated rings. The lowest BCUT2D eigenvalue weighted by molar-refractivity contribution is 0.183. The Labute approximate surface area is 148 Å². The second kappa shape index (κ2) is 7.68. The van der Waals surface area contributed by atoms with Gasteiger partial charge in [0.2, 0.25) is 0 Å². The molecule has 0 saturated heterocycles. The zero-order chi connectivity index (χ0) is 17.7. The fourth-order valence-electron chi connectivity index (χ4n) is 2.51. The van der Waals surface area contributed by atoms with Crippen molar-refractivity contribution in [3.05, 3.63) is 72.8 Å². The van der Waals surface area contributed by atoms with Crippen LogP contribution in [0, 0.1) is 0 Å². The zero-order valence-corrected chi connectivity index (χ0v) is 14.8. The van der Waals surface area contributed by atoms with E-state index in [0.717, 1.165) is 16.5 Å². The molecule has 0 bridgehead atoms. The summed E-state index contributed by atoms with van der Waals surface area (Å²) in [5.41, 5.74) is 0. The topological polar surface area (TPSA) is 52.6 Å². The molecule has 3 aromatic rings. The van der Waals surface area contributed by atoms with Crippen LogP contribution in [0.25, 0.3) is 10.8 Å². The van der Waals surface area contributed by atoms with Gasteiger partial charge in [0, 0.05) is 6.42 Å². The van der Waals surface area contributed by atoms with Gasteiger partial charge in [-0.1, -0.05) is 48.5 Å². The molecular formula is C20H20O4S. The molecule has 0 spiro atoms. The summed E-state index contributed by atoms with van der Waals surface area (Å²) in [4.78, 5) is 0.164. The van der Waals surface area contributed by atoms with Crippen LogP contribution >= 0.6 is 0 Å². The fraction of sp³-hybridized carbons (Fsp3) is 0.200. The lowest BCUT2D eigenvalue weighted by atomic mass is 10.1. The standard InChI is InChI=1S/C20H20O4S/c1-16(24-25(21,22)20-9-3-2-4-10-20)13-14-23-19-12-11-17-7-5-6-8-18(17)15-19/h2-12,15-16H,13-14H2,1H3. The molecule has 4 nitrogen and oxygen atoms in total. The van der Waals surface area contributed by atoms with Gasteiger partial charge < -0.3 is 4.74 Å². The number of hydrogen-bond donors (Lipinski definition) is 0. The molecule has 0 aliphatic carbocycles. The van der Waals surface area contributed by atoms with E-state index in [2.05, 4.69) is 0 Å². The van der Waals surface area contributed by atoms with E-state index >= 15 is 0 Å². The third-order valence-electron chi connectivity index (χ3n) is 3.84. The van der Waals surface area contributed by atoms with E-state index in [0.29, 0.717) is 13.0 Å². The van der Waals surface area contributed by atoms with Crippen molar-refractivity contribution in [3.63, 3.8) is 0 Å². The highest BCUT2D eigenvalue weighted by Crippen LogP contribution is 2.21. The maximum atomic E-state index is 12.2. The Balaban J connectivity index is 1.54. The van der Waals surface area contributed by atoms with Crippen LogP contribution in [0.1, 0.15) is 13.3 Å². The minimum Gasteiger partial charge on any atom is -0.493 e. The van der Waals surface area contributed by atoms with Gasteiger partial charge in [-0.25, -0.2) is 0 Å². The van der Waals surface area contributed by atoms with Gasteiger partial charge in [-0.15, -0.1) is 0 Å². The molecule has 0 amide bonds. The van der Waals surface area contributed by atoms with Crippen molar-refractivity contribution in [2.24, 2.45) is 0 Å². The molecule has 1 unspecified atom stereocenters. The van der Waals surface area contributed by atoms with E-state index in [1.807, 2.05) is 42.5 Å². The van der Waals surface area contributed by atoms with Crippen molar-refractivity contribution in [2.75, 3.05) is 6.61 Å². The second-order valence-corrected chi connectivity index (χ2v) is 7.39. The highest BCUT2D eigenvalue weighted by molar-refractivity contribution is 7.86. The average Bonchev–Trinajstić information content (AvgIpc) is 2.62. The van der Waals surface area contributed by atoms with E-state index in [1.54, 1.807) is 25.1 Å². The van der Waals surface area contributed by atoms with E-state index in [9.17, 15) is 8.42 Å². The van der Waals surface area contributed by atoms with E-state index in [4.69, 9.17) is 8.92 Å². The number of rotatable bonds is 7. The van der Waals surface area contributed by atoms with Crippen LogP contribution < -0.4 is 4.74 Å². The average molecular weight is 356 g/mol. The molecular weight excluding hydrogens is 336 g/mol. The Hall–Kier alpha value is -2.37. The zero-order valence-electron chi connectivity index (χ0n) is 14.0. The molecule has 0 aromatic heterocycles. The van der Waals surface area contributed by atoms with Crippen LogP contribution in [0.4, 0.5) is 0 Å². The van der Waals surface area contributed by atoms with Crippen LogP contribution in [0.15, 0.2) is 77.7 Å². The van der Waals surface area contributed by atoms with Crippen molar-refractivity contribution >= 4 is 20.9 Å². The van der Waals surface area contributed by atoms with E-state index in [1.165, 1.54) is 12.1 Å². The molecule has 0 aliphatic heterocycles. The molecule has 1 atom stereocenters. The normalized spacial score (nSPS) is 12.8. The van der Waals surface area contributed by atoms with Gasteiger partial charge in [0.1, 0.15) is 5.75 Å². The molecule has 0 saturated carbocycles. The summed E-state index contributed by atoms with van der Waals surface area (Å²) in [5, 5.41) is 2.26. The Kier molecular flexibility index (Phi) is 5.36. The summed E-state index contributed by atoms with van der Waals surface area (Å²) in [6, 6.07) is 22.1. The highest BCUT2D eigenvalue weighted by Gasteiger charge is 2.18. The molecule has 130 valence electrons. The minimum absolute atomic E-state index is 0.164. The highest BCUT2D eigenvalue weighted by atomic mass is 32.2. The lowest BCUT2D eigenvalue weighted by Crippen LogP contribution is -2.18. The second-order valence-electron chi connectivity index (χ2n) is 5.82. The van der Waals surface area contributed by atoms with Crippen LogP contribution in [0.5, 0.6) is 5.75 Å². The smallest absolute Gasteiger partial charge is 0.297 e. The summed E-state index contributed by atoms with van der Waals surface area (Å²) < 4.78 is 35.3. The van der Waals surface area contributed by atoms with Gasteiger partial charge in [-0.05, 0) is 42.0 Å². The van der Waals surface area contributed by atoms with Crippen molar-refractivity contribution in [2.45, 2.75) is 24.3 Å². The number of hydrogen-bond acceptors (Lipinski definition) is 4.